The summed E-state index contributed by atoms with van der Waals surface area (Å²) < 4.78 is 1.90. The van der Waals surface area contributed by atoms with E-state index in [1.165, 1.54) is 0 Å². The lowest BCUT2D eigenvalue weighted by Crippen LogP contribution is -2.06. The normalized spacial score (nSPS) is 12.6. The molecule has 7 heteroatoms. The molecular weight excluding hydrogens is 319 g/mol. The van der Waals surface area contributed by atoms with Crippen molar-refractivity contribution in [2.75, 3.05) is 5.75 Å². The van der Waals surface area contributed by atoms with Gasteiger partial charge in [0.2, 0.25) is 0 Å². The number of aliphatic carboxylic acids is 1. The van der Waals surface area contributed by atoms with Crippen LogP contribution in [0.15, 0.2) is 29.9 Å². The molecule has 0 saturated heterocycles. The molecule has 4 nitrogen and oxygen atoms in total. The van der Waals surface area contributed by atoms with Crippen molar-refractivity contribution in [3.8, 4) is 0 Å². The number of carbonyl (C=O) groups is 1. The minimum atomic E-state index is -0.893. The summed E-state index contributed by atoms with van der Waals surface area (Å²) in [5.41, 5.74) is 1.49. The van der Waals surface area contributed by atoms with Crippen LogP contribution in [0, 0.1) is 0 Å². The zero-order chi connectivity index (χ0) is 14.9. The molecule has 2 rings (SSSR count). The minimum Gasteiger partial charge on any atom is -0.481 e. The molecule has 1 atom stereocenters. The van der Waals surface area contributed by atoms with Gasteiger partial charge in [0.1, 0.15) is 0 Å². The predicted molar refractivity (Wildman–Crippen MR) is 83.0 cm³/mol. The number of benzene rings is 1. The van der Waals surface area contributed by atoms with Gasteiger partial charge >= 0.3 is 5.97 Å². The van der Waals surface area contributed by atoms with Crippen LogP contribution in [-0.2, 0) is 4.79 Å². The third kappa shape index (κ3) is 2.95. The van der Waals surface area contributed by atoms with Crippen LogP contribution in [0.4, 0.5) is 0 Å². The van der Waals surface area contributed by atoms with Crippen LogP contribution in [0.5, 0.6) is 0 Å². The zero-order valence-corrected chi connectivity index (χ0v) is 13.0. The first-order valence-electron chi connectivity index (χ1n) is 5.78. The Morgan fingerprint density at radius 1 is 1.55 bits per heavy atom. The van der Waals surface area contributed by atoms with E-state index in [-0.39, 0.29) is 11.8 Å². The lowest BCUT2D eigenvalue weighted by Gasteiger charge is -2.13. The number of thioether (sulfide) groups is 1. The van der Waals surface area contributed by atoms with Gasteiger partial charge in [0, 0.05) is 0 Å². The molecule has 0 radical (unpaired) electrons. The SMILES string of the molecule is C=CC(C)n1c(SCC(=O)O)nc2cc(Cl)c(Cl)cc21. The number of fused-ring (bicyclic) bond motifs is 1. The number of carboxylic acids is 1. The zero-order valence-electron chi connectivity index (χ0n) is 10.6. The van der Waals surface area contributed by atoms with Gasteiger partial charge in [0.15, 0.2) is 5.16 Å². The van der Waals surface area contributed by atoms with E-state index in [9.17, 15) is 4.79 Å². The molecule has 0 aliphatic heterocycles. The highest BCUT2D eigenvalue weighted by Crippen LogP contribution is 2.33. The van der Waals surface area contributed by atoms with Gasteiger partial charge in [-0.15, -0.1) is 6.58 Å². The Labute approximate surface area is 130 Å². The quantitative estimate of drug-likeness (QED) is 0.657. The number of hydrogen-bond donors (Lipinski definition) is 1. The first-order valence-corrected chi connectivity index (χ1v) is 7.52. The van der Waals surface area contributed by atoms with Crippen molar-refractivity contribution in [3.05, 3.63) is 34.8 Å². The number of imidazole rings is 1. The van der Waals surface area contributed by atoms with E-state index < -0.39 is 5.97 Å². The second-order valence-corrected chi connectivity index (χ2v) is 5.94. The number of rotatable bonds is 5. The van der Waals surface area contributed by atoms with Gasteiger partial charge in [0.05, 0.1) is 32.9 Å². The van der Waals surface area contributed by atoms with Gasteiger partial charge in [-0.05, 0) is 19.1 Å². The Balaban J connectivity index is 2.60. The van der Waals surface area contributed by atoms with E-state index in [2.05, 4.69) is 11.6 Å². The Kier molecular flexibility index (Phi) is 4.62. The second kappa shape index (κ2) is 6.08. The van der Waals surface area contributed by atoms with E-state index in [1.807, 2.05) is 11.5 Å². The summed E-state index contributed by atoms with van der Waals surface area (Å²) in [5.74, 6) is -0.954. The fourth-order valence-corrected chi connectivity index (χ4v) is 2.93. The van der Waals surface area contributed by atoms with Crippen molar-refractivity contribution in [1.82, 2.24) is 9.55 Å². The maximum absolute atomic E-state index is 10.7. The average molecular weight is 331 g/mol. The van der Waals surface area contributed by atoms with Crippen molar-refractivity contribution in [1.29, 1.82) is 0 Å². The first-order chi connectivity index (χ1) is 9.43. The topological polar surface area (TPSA) is 55.1 Å². The number of aromatic nitrogens is 2. The van der Waals surface area contributed by atoms with Crippen LogP contribution in [-0.4, -0.2) is 26.4 Å². The van der Waals surface area contributed by atoms with E-state index in [0.717, 1.165) is 17.3 Å². The predicted octanol–water partition coefficient (Wildman–Crippen LogP) is 4.27. The van der Waals surface area contributed by atoms with Crippen molar-refractivity contribution < 1.29 is 9.90 Å². The summed E-state index contributed by atoms with van der Waals surface area (Å²) in [5, 5.41) is 10.3. The number of nitrogens with zero attached hydrogens (tertiary/aromatic N) is 2. The van der Waals surface area contributed by atoms with Gasteiger partial charge < -0.3 is 9.67 Å². The van der Waals surface area contributed by atoms with Crippen molar-refractivity contribution in [2.45, 2.75) is 18.1 Å². The van der Waals surface area contributed by atoms with Crippen molar-refractivity contribution in [2.24, 2.45) is 0 Å². The lowest BCUT2D eigenvalue weighted by atomic mass is 10.2. The molecule has 2 aromatic rings. The molecule has 0 bridgehead atoms. The van der Waals surface area contributed by atoms with Gasteiger partial charge in [-0.25, -0.2) is 4.98 Å². The summed E-state index contributed by atoms with van der Waals surface area (Å²) >= 11 is 13.2. The molecule has 0 fully saturated rings. The number of carboxylic acid groups (broad SMARTS) is 1. The standard InChI is InChI=1S/C13H12Cl2N2O2S/c1-3-7(2)17-11-5-9(15)8(14)4-10(11)16-13(17)20-6-12(18)19/h3-5,7H,1,6H2,2H3,(H,18,19). The average Bonchev–Trinajstić information content (AvgIpc) is 2.73. The molecule has 1 heterocycles. The lowest BCUT2D eigenvalue weighted by molar-refractivity contribution is -0.133. The maximum atomic E-state index is 10.7. The van der Waals surface area contributed by atoms with Crippen LogP contribution in [0.1, 0.15) is 13.0 Å². The maximum Gasteiger partial charge on any atom is 0.313 e. The van der Waals surface area contributed by atoms with Crippen LogP contribution >= 0.6 is 35.0 Å². The number of allylic oxidation sites excluding steroid dienone is 1. The molecule has 1 N–H and O–H groups in total. The largest absolute Gasteiger partial charge is 0.481 e. The number of halogens is 2. The Morgan fingerprint density at radius 3 is 2.80 bits per heavy atom. The molecule has 0 saturated carbocycles. The van der Waals surface area contributed by atoms with Crippen LogP contribution in [0.3, 0.4) is 0 Å². The van der Waals surface area contributed by atoms with Gasteiger partial charge in [-0.2, -0.15) is 0 Å². The van der Waals surface area contributed by atoms with Gasteiger partial charge in [-0.1, -0.05) is 41.0 Å². The Bertz CT molecular complexity index is 685. The summed E-state index contributed by atoms with van der Waals surface area (Å²) in [6.07, 6.45) is 1.76. The molecule has 0 aliphatic rings. The second-order valence-electron chi connectivity index (χ2n) is 4.18. The Hall–Kier alpha value is -1.17. The third-order valence-corrected chi connectivity index (χ3v) is 4.43. The molecule has 106 valence electrons. The van der Waals surface area contributed by atoms with E-state index in [4.69, 9.17) is 28.3 Å². The highest BCUT2D eigenvalue weighted by molar-refractivity contribution is 7.99. The van der Waals surface area contributed by atoms with Crippen LogP contribution in [0.2, 0.25) is 10.0 Å². The molecule has 0 aliphatic carbocycles. The summed E-state index contributed by atoms with van der Waals surface area (Å²) in [6.45, 7) is 5.71. The van der Waals surface area contributed by atoms with Crippen molar-refractivity contribution in [3.63, 3.8) is 0 Å². The number of hydrogen-bond acceptors (Lipinski definition) is 3. The summed E-state index contributed by atoms with van der Waals surface area (Å²) in [7, 11) is 0. The minimum absolute atomic E-state index is 0.0338. The highest BCUT2D eigenvalue weighted by atomic mass is 35.5. The molecule has 1 aromatic carbocycles. The molecule has 1 unspecified atom stereocenters. The van der Waals surface area contributed by atoms with Crippen molar-refractivity contribution >= 4 is 52.0 Å². The third-order valence-electron chi connectivity index (χ3n) is 2.77. The van der Waals surface area contributed by atoms with Crippen LogP contribution < -0.4 is 0 Å². The van der Waals surface area contributed by atoms with E-state index in [0.29, 0.717) is 20.7 Å². The highest BCUT2D eigenvalue weighted by Gasteiger charge is 2.17. The fourth-order valence-electron chi connectivity index (χ4n) is 1.80. The Morgan fingerprint density at radius 2 is 2.20 bits per heavy atom. The van der Waals surface area contributed by atoms with Crippen LogP contribution in [0.25, 0.3) is 11.0 Å². The van der Waals surface area contributed by atoms with E-state index in [1.54, 1.807) is 18.2 Å². The molecule has 0 spiro atoms. The monoisotopic (exact) mass is 330 g/mol. The molecule has 20 heavy (non-hydrogen) atoms. The fraction of sp³-hybridized carbons (Fsp3) is 0.231. The summed E-state index contributed by atoms with van der Waals surface area (Å²) in [6, 6.07) is 3.38. The molecular formula is C13H12Cl2N2O2S. The van der Waals surface area contributed by atoms with E-state index >= 15 is 0 Å². The van der Waals surface area contributed by atoms with Gasteiger partial charge in [-0.3, -0.25) is 4.79 Å². The molecule has 1 aromatic heterocycles. The first kappa shape index (κ1) is 15.2. The molecule has 0 amide bonds. The summed E-state index contributed by atoms with van der Waals surface area (Å²) in [4.78, 5) is 15.2. The smallest absolute Gasteiger partial charge is 0.313 e. The van der Waals surface area contributed by atoms with Gasteiger partial charge in [0.25, 0.3) is 0 Å².